The van der Waals surface area contributed by atoms with Crippen molar-refractivity contribution in [1.29, 1.82) is 0 Å². The van der Waals surface area contributed by atoms with Crippen molar-refractivity contribution in [2.45, 2.75) is 12.6 Å². The quantitative estimate of drug-likeness (QED) is 0.609. The summed E-state index contributed by atoms with van der Waals surface area (Å²) >= 11 is 0. The van der Waals surface area contributed by atoms with Gasteiger partial charge in [0.1, 0.15) is 5.69 Å². The molecule has 0 bridgehead atoms. The molecule has 3 aromatic rings. The van der Waals surface area contributed by atoms with Crippen LogP contribution in [-0.4, -0.2) is 23.2 Å². The molecule has 0 saturated carbocycles. The van der Waals surface area contributed by atoms with Crippen molar-refractivity contribution in [1.82, 2.24) is 10.2 Å². The lowest BCUT2D eigenvalue weighted by Crippen LogP contribution is -2.27. The van der Waals surface area contributed by atoms with Gasteiger partial charge in [0.2, 0.25) is 0 Å². The summed E-state index contributed by atoms with van der Waals surface area (Å²) in [6.07, 6.45) is -6.30. The fraction of sp³-hybridized carbons (Fsp3) is 0.158. The molecule has 146 valence electrons. The maximum atomic E-state index is 13.0. The molecule has 0 aliphatic rings. The first kappa shape index (κ1) is 19.5. The number of alkyl halides is 5. The zero-order valence-electron chi connectivity index (χ0n) is 14.5. The molecule has 2 aromatic carbocycles. The molecule has 1 N–H and O–H groups in total. The van der Waals surface area contributed by atoms with Crippen LogP contribution in [0, 0.1) is 0 Å². The van der Waals surface area contributed by atoms with E-state index in [2.05, 4.69) is 10.2 Å². The molecule has 28 heavy (non-hydrogen) atoms. The van der Waals surface area contributed by atoms with E-state index in [1.165, 1.54) is 19.2 Å². The second kappa shape index (κ2) is 7.41. The van der Waals surface area contributed by atoms with Crippen LogP contribution in [0.15, 0.2) is 54.7 Å². The van der Waals surface area contributed by atoms with Crippen LogP contribution in [0.5, 0.6) is 0 Å². The van der Waals surface area contributed by atoms with E-state index in [0.29, 0.717) is 16.8 Å². The Hall–Kier alpha value is -3.23. The Morgan fingerprint density at radius 3 is 2.32 bits per heavy atom. The molecule has 4 nitrogen and oxygen atoms in total. The summed E-state index contributed by atoms with van der Waals surface area (Å²) in [7, 11) is 1.40. The van der Waals surface area contributed by atoms with Gasteiger partial charge in [0, 0.05) is 18.8 Å². The third-order valence-corrected chi connectivity index (χ3v) is 4.20. The van der Waals surface area contributed by atoms with Gasteiger partial charge in [-0.2, -0.15) is 18.3 Å². The molecule has 0 radical (unpaired) electrons. The minimum Gasteiger partial charge on any atom is -0.311 e. The molecular weight excluding hydrogens is 381 g/mol. The van der Waals surface area contributed by atoms with Crippen molar-refractivity contribution >= 4 is 11.6 Å². The van der Waals surface area contributed by atoms with Crippen molar-refractivity contribution in [3.8, 4) is 11.1 Å². The first-order valence-electron chi connectivity index (χ1n) is 8.06. The largest absolute Gasteiger partial charge is 0.416 e. The lowest BCUT2D eigenvalue weighted by molar-refractivity contribution is -0.137. The maximum absolute atomic E-state index is 13.0. The number of nitrogens with one attached hydrogen (secondary N) is 1. The van der Waals surface area contributed by atoms with E-state index >= 15 is 0 Å². The van der Waals surface area contributed by atoms with Crippen LogP contribution in [0.3, 0.4) is 0 Å². The highest BCUT2D eigenvalue weighted by Gasteiger charge is 2.30. The number of halogens is 5. The average molecular weight is 395 g/mol. The Morgan fingerprint density at radius 2 is 1.71 bits per heavy atom. The van der Waals surface area contributed by atoms with Crippen molar-refractivity contribution < 1.29 is 26.7 Å². The Balaban J connectivity index is 1.98. The van der Waals surface area contributed by atoms with Crippen molar-refractivity contribution in [2.24, 2.45) is 0 Å². The van der Waals surface area contributed by atoms with Crippen molar-refractivity contribution in [3.05, 3.63) is 71.5 Å². The first-order chi connectivity index (χ1) is 13.2. The predicted octanol–water partition coefficient (Wildman–Crippen LogP) is 5.31. The van der Waals surface area contributed by atoms with Gasteiger partial charge in [-0.05, 0) is 23.8 Å². The molecule has 9 heteroatoms. The maximum Gasteiger partial charge on any atom is 0.416 e. The van der Waals surface area contributed by atoms with Crippen LogP contribution in [0.2, 0.25) is 0 Å². The first-order valence-corrected chi connectivity index (χ1v) is 8.06. The van der Waals surface area contributed by atoms with Crippen LogP contribution >= 0.6 is 0 Å². The van der Waals surface area contributed by atoms with Crippen molar-refractivity contribution in [2.75, 3.05) is 11.9 Å². The average Bonchev–Trinajstić information content (AvgIpc) is 3.16. The van der Waals surface area contributed by atoms with E-state index in [1.54, 1.807) is 24.3 Å². The lowest BCUT2D eigenvalue weighted by atomic mass is 10.0. The van der Waals surface area contributed by atoms with E-state index in [9.17, 15) is 26.7 Å². The van der Waals surface area contributed by atoms with Gasteiger partial charge < -0.3 is 4.90 Å². The third-order valence-electron chi connectivity index (χ3n) is 4.20. The smallest absolute Gasteiger partial charge is 0.311 e. The van der Waals surface area contributed by atoms with Crippen LogP contribution in [0.25, 0.3) is 11.1 Å². The summed E-state index contributed by atoms with van der Waals surface area (Å²) in [6.45, 7) is 0. The monoisotopic (exact) mass is 395 g/mol. The number of carbonyl (C=O) groups excluding carboxylic acids is 1. The molecule has 0 atom stereocenters. The van der Waals surface area contributed by atoms with E-state index in [-0.39, 0.29) is 5.56 Å². The predicted molar refractivity (Wildman–Crippen MR) is 93.2 cm³/mol. The summed E-state index contributed by atoms with van der Waals surface area (Å²) in [5, 5.41) is 5.65. The summed E-state index contributed by atoms with van der Waals surface area (Å²) in [5.74, 6) is -0.719. The van der Waals surface area contributed by atoms with E-state index < -0.39 is 29.8 Å². The summed E-state index contributed by atoms with van der Waals surface area (Å²) in [5.41, 5.74) is -0.450. The van der Waals surface area contributed by atoms with E-state index in [1.807, 2.05) is 0 Å². The number of hydrogen-bond donors (Lipinski definition) is 1. The Morgan fingerprint density at radius 1 is 1.07 bits per heavy atom. The van der Waals surface area contributed by atoms with Crippen LogP contribution in [0.1, 0.15) is 28.0 Å². The lowest BCUT2D eigenvalue weighted by Gasteiger charge is -2.21. The number of hydrogen-bond acceptors (Lipinski definition) is 2. The van der Waals surface area contributed by atoms with Gasteiger partial charge in [0.25, 0.3) is 12.3 Å². The Labute approximate surface area is 156 Å². The van der Waals surface area contributed by atoms with Gasteiger partial charge in [-0.15, -0.1) is 0 Å². The fourth-order valence-electron chi connectivity index (χ4n) is 2.78. The van der Waals surface area contributed by atoms with Gasteiger partial charge in [-0.1, -0.05) is 30.3 Å². The van der Waals surface area contributed by atoms with Crippen LogP contribution in [-0.2, 0) is 6.18 Å². The number of para-hydroxylation sites is 1. The highest BCUT2D eigenvalue weighted by Crippen LogP contribution is 2.35. The molecule has 0 unspecified atom stereocenters. The molecular formula is C19H14F5N3O. The Kier molecular flexibility index (Phi) is 5.17. The number of anilines is 1. The third kappa shape index (κ3) is 3.73. The summed E-state index contributed by atoms with van der Waals surface area (Å²) in [6, 6.07) is 11.0. The number of aromatic amines is 1. The molecule has 1 heterocycles. The fourth-order valence-corrected chi connectivity index (χ4v) is 2.78. The second-order valence-electron chi connectivity index (χ2n) is 5.94. The highest BCUT2D eigenvalue weighted by molar-refractivity contribution is 6.08. The standard InChI is InChI=1S/C19H14F5N3O/c1-27(18(28)14-10-25-26-16(14)17(20)21)15-5-3-2-4-13(15)11-6-8-12(9-7-11)19(22,23)24/h2-10,17H,1H3,(H,25,26). The number of nitrogens with zero attached hydrogens (tertiary/aromatic N) is 2. The van der Waals surface area contributed by atoms with Crippen LogP contribution < -0.4 is 4.90 Å². The molecule has 1 amide bonds. The van der Waals surface area contributed by atoms with Gasteiger partial charge in [0.05, 0.1) is 16.8 Å². The molecule has 0 aliphatic heterocycles. The zero-order valence-corrected chi connectivity index (χ0v) is 14.5. The van der Waals surface area contributed by atoms with Gasteiger partial charge in [-0.25, -0.2) is 8.78 Å². The number of amides is 1. The SMILES string of the molecule is CN(C(=O)c1c[nH]nc1C(F)F)c1ccccc1-c1ccc(C(F)(F)F)cc1. The normalized spacial score (nSPS) is 11.7. The number of carbonyl (C=O) groups is 1. The zero-order chi connectivity index (χ0) is 20.5. The minimum absolute atomic E-state index is 0.278. The van der Waals surface area contributed by atoms with Gasteiger partial charge in [-0.3, -0.25) is 9.89 Å². The van der Waals surface area contributed by atoms with Gasteiger partial charge >= 0.3 is 6.18 Å². The van der Waals surface area contributed by atoms with Crippen LogP contribution in [0.4, 0.5) is 27.6 Å². The number of H-pyrrole nitrogens is 1. The topological polar surface area (TPSA) is 49.0 Å². The van der Waals surface area contributed by atoms with Crippen molar-refractivity contribution in [3.63, 3.8) is 0 Å². The summed E-state index contributed by atoms with van der Waals surface area (Å²) < 4.78 is 64.4. The molecule has 0 aliphatic carbocycles. The minimum atomic E-state index is -4.46. The highest BCUT2D eigenvalue weighted by atomic mass is 19.4. The number of aromatic nitrogens is 2. The molecule has 1 aromatic heterocycles. The van der Waals surface area contributed by atoms with Gasteiger partial charge in [0.15, 0.2) is 0 Å². The molecule has 0 spiro atoms. The molecule has 0 saturated heterocycles. The molecule has 3 rings (SSSR count). The van der Waals surface area contributed by atoms with E-state index in [4.69, 9.17) is 0 Å². The summed E-state index contributed by atoms with van der Waals surface area (Å²) in [4.78, 5) is 13.8. The second-order valence-corrected chi connectivity index (χ2v) is 5.94. The molecule has 0 fully saturated rings. The number of benzene rings is 2. The van der Waals surface area contributed by atoms with E-state index in [0.717, 1.165) is 23.2 Å². The number of rotatable bonds is 4. The Bertz CT molecular complexity index is 980.